The van der Waals surface area contributed by atoms with Crippen LogP contribution in [0.3, 0.4) is 0 Å². The third-order valence-corrected chi connectivity index (χ3v) is 6.10. The summed E-state index contributed by atoms with van der Waals surface area (Å²) in [6, 6.07) is 21.8. The fourth-order valence-corrected chi connectivity index (χ4v) is 4.25. The van der Waals surface area contributed by atoms with E-state index in [0.717, 1.165) is 22.2 Å². The molecular formula is C26H25N5O2. The number of benzene rings is 2. The Bertz CT molecular complexity index is 1290. The van der Waals surface area contributed by atoms with E-state index < -0.39 is 0 Å². The van der Waals surface area contributed by atoms with E-state index in [0.29, 0.717) is 43.9 Å². The largest absolute Gasteiger partial charge is 0.339 e. The van der Waals surface area contributed by atoms with E-state index in [-0.39, 0.29) is 11.8 Å². The molecule has 0 atom stereocenters. The van der Waals surface area contributed by atoms with Crippen molar-refractivity contribution in [2.24, 2.45) is 0 Å². The smallest absolute Gasteiger partial charge is 0.254 e. The molecule has 1 aliphatic rings. The average Bonchev–Trinajstić information content (AvgIpc) is 3.27. The van der Waals surface area contributed by atoms with Gasteiger partial charge in [0.15, 0.2) is 5.65 Å². The van der Waals surface area contributed by atoms with Crippen molar-refractivity contribution >= 4 is 22.8 Å². The summed E-state index contributed by atoms with van der Waals surface area (Å²) in [4.78, 5) is 33.8. The van der Waals surface area contributed by atoms with Gasteiger partial charge in [-0.3, -0.25) is 9.59 Å². The molecule has 0 spiro atoms. The zero-order chi connectivity index (χ0) is 22.8. The Labute approximate surface area is 192 Å². The fraction of sp³-hybridized carbons (Fsp3) is 0.231. The number of carbonyl (C=O) groups excluding carboxylic acids is 2. The van der Waals surface area contributed by atoms with Crippen molar-refractivity contribution in [1.29, 1.82) is 0 Å². The number of aromatic nitrogens is 3. The molecule has 2 aromatic carbocycles. The van der Waals surface area contributed by atoms with Crippen molar-refractivity contribution in [3.05, 3.63) is 84.1 Å². The molecule has 0 unspecified atom stereocenters. The zero-order valence-corrected chi connectivity index (χ0v) is 18.5. The highest BCUT2D eigenvalue weighted by molar-refractivity contribution is 6.06. The Morgan fingerprint density at radius 1 is 0.879 bits per heavy atom. The Morgan fingerprint density at radius 3 is 2.18 bits per heavy atom. The van der Waals surface area contributed by atoms with Gasteiger partial charge in [-0.25, -0.2) is 9.67 Å². The van der Waals surface area contributed by atoms with Crippen LogP contribution in [-0.2, 0) is 11.3 Å². The lowest BCUT2D eigenvalue weighted by molar-refractivity contribution is -0.130. The summed E-state index contributed by atoms with van der Waals surface area (Å²) in [5.41, 5.74) is 4.08. The highest BCUT2D eigenvalue weighted by Crippen LogP contribution is 2.26. The van der Waals surface area contributed by atoms with Crippen LogP contribution in [0.25, 0.3) is 22.3 Å². The molecular weight excluding hydrogens is 414 g/mol. The first-order valence-electron chi connectivity index (χ1n) is 11.1. The Morgan fingerprint density at radius 2 is 1.52 bits per heavy atom. The maximum Gasteiger partial charge on any atom is 0.254 e. The average molecular weight is 440 g/mol. The topological polar surface area (TPSA) is 71.3 Å². The van der Waals surface area contributed by atoms with Crippen LogP contribution in [0, 0.1) is 0 Å². The summed E-state index contributed by atoms with van der Waals surface area (Å²) in [7, 11) is 0. The lowest BCUT2D eigenvalue weighted by atomic mass is 10.1. The van der Waals surface area contributed by atoms with E-state index >= 15 is 0 Å². The first-order chi connectivity index (χ1) is 16.1. The minimum atomic E-state index is -0.0537. The zero-order valence-electron chi connectivity index (χ0n) is 18.5. The number of hydrogen-bond donors (Lipinski definition) is 0. The molecule has 0 aliphatic carbocycles. The van der Waals surface area contributed by atoms with Gasteiger partial charge in [0.05, 0.1) is 29.4 Å². The van der Waals surface area contributed by atoms with Crippen LogP contribution in [-0.4, -0.2) is 62.6 Å². The van der Waals surface area contributed by atoms with Crippen LogP contribution in [0.4, 0.5) is 0 Å². The Balaban J connectivity index is 1.56. The molecule has 5 rings (SSSR count). The van der Waals surface area contributed by atoms with E-state index in [2.05, 4.69) is 17.2 Å². The SMILES string of the molecule is CC(=O)N1CCN(C(=O)c2cc(-c3ccccc3)nc3c2cnn3Cc2ccccc2)CC1. The van der Waals surface area contributed by atoms with Gasteiger partial charge >= 0.3 is 0 Å². The van der Waals surface area contributed by atoms with Gasteiger partial charge in [-0.2, -0.15) is 5.10 Å². The first-order valence-corrected chi connectivity index (χ1v) is 11.1. The number of pyridine rings is 1. The number of hydrogen-bond acceptors (Lipinski definition) is 4. The van der Waals surface area contributed by atoms with Crippen LogP contribution in [0.15, 0.2) is 72.9 Å². The van der Waals surface area contributed by atoms with Gasteiger partial charge in [0.1, 0.15) is 0 Å². The van der Waals surface area contributed by atoms with E-state index in [4.69, 9.17) is 4.98 Å². The van der Waals surface area contributed by atoms with Crippen LogP contribution in [0.2, 0.25) is 0 Å². The highest BCUT2D eigenvalue weighted by atomic mass is 16.2. The van der Waals surface area contributed by atoms with Gasteiger partial charge in [-0.05, 0) is 11.6 Å². The van der Waals surface area contributed by atoms with Crippen LogP contribution in [0.1, 0.15) is 22.8 Å². The number of fused-ring (bicyclic) bond motifs is 1. The minimum Gasteiger partial charge on any atom is -0.339 e. The minimum absolute atomic E-state index is 0.0435. The van der Waals surface area contributed by atoms with Gasteiger partial charge in [0.2, 0.25) is 5.91 Å². The van der Waals surface area contributed by atoms with E-state index in [1.165, 1.54) is 0 Å². The third kappa shape index (κ3) is 4.22. The van der Waals surface area contributed by atoms with Crippen molar-refractivity contribution in [2.45, 2.75) is 13.5 Å². The fourth-order valence-electron chi connectivity index (χ4n) is 4.25. The van der Waals surface area contributed by atoms with Gasteiger partial charge in [-0.15, -0.1) is 0 Å². The Hall–Kier alpha value is -4.00. The molecule has 0 bridgehead atoms. The predicted molar refractivity (Wildman–Crippen MR) is 127 cm³/mol. The molecule has 1 aliphatic heterocycles. The maximum atomic E-state index is 13.6. The van der Waals surface area contributed by atoms with Gasteiger partial charge < -0.3 is 9.80 Å². The maximum absolute atomic E-state index is 13.6. The number of carbonyl (C=O) groups is 2. The standard InChI is InChI=1S/C26H25N5O2/c1-19(32)29-12-14-30(15-13-29)26(33)22-16-24(21-10-6-3-7-11-21)28-25-23(22)17-27-31(25)18-20-8-4-2-5-9-20/h2-11,16-17H,12-15,18H2,1H3. The van der Waals surface area contributed by atoms with Crippen molar-refractivity contribution in [3.63, 3.8) is 0 Å². The monoisotopic (exact) mass is 439 g/mol. The Kier molecular flexibility index (Phi) is 5.60. The molecule has 0 N–H and O–H groups in total. The summed E-state index contributed by atoms with van der Waals surface area (Å²) in [5, 5.41) is 5.32. The molecule has 1 fully saturated rings. The summed E-state index contributed by atoms with van der Waals surface area (Å²) in [5.74, 6) is -0.0102. The van der Waals surface area contributed by atoms with E-state index in [1.54, 1.807) is 18.0 Å². The molecule has 2 amide bonds. The second kappa shape index (κ2) is 8.86. The molecule has 2 aromatic heterocycles. The van der Waals surface area contributed by atoms with Crippen LogP contribution in [0.5, 0.6) is 0 Å². The van der Waals surface area contributed by atoms with E-state index in [9.17, 15) is 9.59 Å². The molecule has 7 nitrogen and oxygen atoms in total. The van der Waals surface area contributed by atoms with Crippen LogP contribution >= 0.6 is 0 Å². The quantitative estimate of drug-likeness (QED) is 0.488. The molecule has 33 heavy (non-hydrogen) atoms. The highest BCUT2D eigenvalue weighted by Gasteiger charge is 2.26. The molecule has 3 heterocycles. The van der Waals surface area contributed by atoms with Crippen molar-refractivity contribution < 1.29 is 9.59 Å². The summed E-state index contributed by atoms with van der Waals surface area (Å²) in [6.45, 7) is 4.27. The molecule has 7 heteroatoms. The van der Waals surface area contributed by atoms with Gasteiger partial charge in [-0.1, -0.05) is 60.7 Å². The summed E-state index contributed by atoms with van der Waals surface area (Å²) < 4.78 is 1.85. The number of nitrogens with zero attached hydrogens (tertiary/aromatic N) is 5. The second-order valence-electron chi connectivity index (χ2n) is 8.24. The molecule has 0 saturated carbocycles. The van der Waals surface area contributed by atoms with Gasteiger partial charge in [0.25, 0.3) is 5.91 Å². The number of amides is 2. The number of rotatable bonds is 4. The van der Waals surface area contributed by atoms with Crippen molar-refractivity contribution in [3.8, 4) is 11.3 Å². The third-order valence-electron chi connectivity index (χ3n) is 6.10. The normalized spacial score (nSPS) is 14.0. The van der Waals surface area contributed by atoms with E-state index in [1.807, 2.05) is 64.2 Å². The molecule has 4 aromatic rings. The second-order valence-corrected chi connectivity index (χ2v) is 8.24. The predicted octanol–water partition coefficient (Wildman–Crippen LogP) is 3.45. The summed E-state index contributed by atoms with van der Waals surface area (Å²) in [6.07, 6.45) is 1.74. The lowest BCUT2D eigenvalue weighted by Crippen LogP contribution is -2.50. The first kappa shape index (κ1) is 20.9. The molecule has 0 radical (unpaired) electrons. The van der Waals surface area contributed by atoms with Crippen molar-refractivity contribution in [2.75, 3.05) is 26.2 Å². The molecule has 166 valence electrons. The van der Waals surface area contributed by atoms with Crippen molar-refractivity contribution in [1.82, 2.24) is 24.6 Å². The van der Waals surface area contributed by atoms with Gasteiger partial charge in [0, 0.05) is 38.7 Å². The molecule has 1 saturated heterocycles. The lowest BCUT2D eigenvalue weighted by Gasteiger charge is -2.34. The summed E-state index contributed by atoms with van der Waals surface area (Å²) >= 11 is 0. The van der Waals surface area contributed by atoms with Crippen LogP contribution < -0.4 is 0 Å². The number of piperazine rings is 1.